The molecule has 6 heteroatoms. The lowest BCUT2D eigenvalue weighted by Crippen LogP contribution is -2.28. The average Bonchev–Trinajstić information content (AvgIpc) is 2.70. The molecule has 0 aromatic carbocycles. The number of aryl methyl sites for hydroxylation is 1. The molecule has 0 aliphatic heterocycles. The van der Waals surface area contributed by atoms with E-state index in [0.717, 1.165) is 23.3 Å². The first kappa shape index (κ1) is 14.6. The molecule has 0 fully saturated rings. The van der Waals surface area contributed by atoms with Gasteiger partial charge in [-0.05, 0) is 26.0 Å². The van der Waals surface area contributed by atoms with Crippen molar-refractivity contribution in [3.8, 4) is 0 Å². The predicted octanol–water partition coefficient (Wildman–Crippen LogP) is 1.75. The summed E-state index contributed by atoms with van der Waals surface area (Å²) in [6.07, 6.45) is 0. The summed E-state index contributed by atoms with van der Waals surface area (Å²) in [7, 11) is 1.67. The molecule has 1 unspecified atom stereocenters. The van der Waals surface area contributed by atoms with Crippen LogP contribution in [0.25, 0.3) is 0 Å². The molecule has 0 bridgehead atoms. The smallest absolute Gasteiger partial charge is 0.316 e. The van der Waals surface area contributed by atoms with Crippen LogP contribution < -0.4 is 0 Å². The highest BCUT2D eigenvalue weighted by atomic mass is 32.2. The number of carboxylic acid groups (broad SMARTS) is 1. The minimum Gasteiger partial charge on any atom is -0.480 e. The van der Waals surface area contributed by atoms with Crippen LogP contribution in [0.1, 0.15) is 18.4 Å². The van der Waals surface area contributed by atoms with Crippen molar-refractivity contribution < 1.29 is 19.1 Å². The molecule has 18 heavy (non-hydrogen) atoms. The van der Waals surface area contributed by atoms with E-state index in [0.29, 0.717) is 6.54 Å². The number of rotatable bonds is 6. The van der Waals surface area contributed by atoms with Gasteiger partial charge in [-0.1, -0.05) is 0 Å². The van der Waals surface area contributed by atoms with Gasteiger partial charge in [-0.15, -0.1) is 11.8 Å². The second-order valence-corrected chi connectivity index (χ2v) is 5.38. The molecule has 1 N–H and O–H groups in total. The zero-order chi connectivity index (χ0) is 13.7. The monoisotopic (exact) mass is 271 g/mol. The van der Waals surface area contributed by atoms with Gasteiger partial charge in [-0.2, -0.15) is 0 Å². The third-order valence-electron chi connectivity index (χ3n) is 2.42. The van der Waals surface area contributed by atoms with Crippen LogP contribution in [0.15, 0.2) is 16.5 Å². The van der Waals surface area contributed by atoms with Gasteiger partial charge in [0.1, 0.15) is 11.5 Å². The number of nitrogens with zero attached hydrogens (tertiary/aromatic N) is 1. The molecule has 0 aliphatic rings. The van der Waals surface area contributed by atoms with E-state index >= 15 is 0 Å². The highest BCUT2D eigenvalue weighted by Gasteiger charge is 2.16. The highest BCUT2D eigenvalue weighted by molar-refractivity contribution is 8.01. The van der Waals surface area contributed by atoms with Crippen molar-refractivity contribution in [3.63, 3.8) is 0 Å². The molecule has 100 valence electrons. The first-order valence-electron chi connectivity index (χ1n) is 5.54. The Labute approximate surface area is 110 Å². The third kappa shape index (κ3) is 4.44. The Hall–Kier alpha value is -1.43. The molecule has 1 rings (SSSR count). The number of amides is 1. The second-order valence-electron chi connectivity index (χ2n) is 4.05. The molecular formula is C12H17NO4S. The maximum absolute atomic E-state index is 11.8. The van der Waals surface area contributed by atoms with E-state index < -0.39 is 11.2 Å². The van der Waals surface area contributed by atoms with Gasteiger partial charge in [0.05, 0.1) is 17.5 Å². The summed E-state index contributed by atoms with van der Waals surface area (Å²) in [5, 5.41) is 8.13. The van der Waals surface area contributed by atoms with E-state index in [1.807, 2.05) is 19.1 Å². The topological polar surface area (TPSA) is 70.8 Å². The van der Waals surface area contributed by atoms with Crippen molar-refractivity contribution in [2.24, 2.45) is 0 Å². The molecular weight excluding hydrogens is 254 g/mol. The molecule has 0 aliphatic carbocycles. The summed E-state index contributed by atoms with van der Waals surface area (Å²) >= 11 is 1.12. The van der Waals surface area contributed by atoms with E-state index in [2.05, 4.69) is 0 Å². The number of aliphatic carboxylic acids is 1. The van der Waals surface area contributed by atoms with E-state index in [1.54, 1.807) is 14.0 Å². The summed E-state index contributed by atoms with van der Waals surface area (Å²) in [4.78, 5) is 23.9. The van der Waals surface area contributed by atoms with Crippen molar-refractivity contribution in [1.82, 2.24) is 4.90 Å². The lowest BCUT2D eigenvalue weighted by Gasteiger charge is -2.16. The number of carbonyl (C=O) groups excluding carboxylic acids is 1. The fourth-order valence-corrected chi connectivity index (χ4v) is 2.03. The first-order chi connectivity index (χ1) is 8.40. The predicted molar refractivity (Wildman–Crippen MR) is 69.5 cm³/mol. The minimum absolute atomic E-state index is 0.109. The highest BCUT2D eigenvalue weighted by Crippen LogP contribution is 2.13. The zero-order valence-electron chi connectivity index (χ0n) is 10.7. The van der Waals surface area contributed by atoms with Gasteiger partial charge >= 0.3 is 5.97 Å². The van der Waals surface area contributed by atoms with Crippen LogP contribution in [-0.2, 0) is 16.1 Å². The lowest BCUT2D eigenvalue weighted by atomic mass is 10.4. The summed E-state index contributed by atoms with van der Waals surface area (Å²) < 4.78 is 5.37. The number of hydrogen-bond acceptors (Lipinski definition) is 4. The van der Waals surface area contributed by atoms with Gasteiger partial charge in [0.2, 0.25) is 5.91 Å². The average molecular weight is 271 g/mol. The summed E-state index contributed by atoms with van der Waals surface area (Å²) in [5.74, 6) is 0.669. The molecule has 1 amide bonds. The Balaban J connectivity index is 2.39. The maximum atomic E-state index is 11.8. The number of furan rings is 1. The van der Waals surface area contributed by atoms with Crippen LogP contribution >= 0.6 is 11.8 Å². The van der Waals surface area contributed by atoms with Crippen LogP contribution in [0, 0.1) is 6.92 Å². The van der Waals surface area contributed by atoms with Crippen LogP contribution in [-0.4, -0.2) is 39.9 Å². The minimum atomic E-state index is -0.905. The molecule has 1 aromatic rings. The molecule has 0 radical (unpaired) electrons. The van der Waals surface area contributed by atoms with E-state index in [1.165, 1.54) is 4.90 Å². The Morgan fingerprint density at radius 2 is 2.17 bits per heavy atom. The number of hydrogen-bond donors (Lipinski definition) is 1. The van der Waals surface area contributed by atoms with Crippen molar-refractivity contribution in [2.45, 2.75) is 25.6 Å². The van der Waals surface area contributed by atoms with Gasteiger partial charge in [-0.3, -0.25) is 9.59 Å². The van der Waals surface area contributed by atoms with Gasteiger partial charge in [0.25, 0.3) is 0 Å². The molecule has 0 spiro atoms. The van der Waals surface area contributed by atoms with Crippen LogP contribution in [0.2, 0.25) is 0 Å². The molecule has 1 atom stereocenters. The Kier molecular flexibility index (Phi) is 5.27. The van der Waals surface area contributed by atoms with E-state index in [9.17, 15) is 9.59 Å². The van der Waals surface area contributed by atoms with Crippen LogP contribution in [0.3, 0.4) is 0 Å². The Bertz CT molecular complexity index is 429. The Morgan fingerprint density at radius 3 is 2.67 bits per heavy atom. The molecule has 5 nitrogen and oxygen atoms in total. The number of carbonyl (C=O) groups is 2. The second kappa shape index (κ2) is 6.49. The van der Waals surface area contributed by atoms with Crippen LogP contribution in [0.5, 0.6) is 0 Å². The fourth-order valence-electron chi connectivity index (χ4n) is 1.27. The zero-order valence-corrected chi connectivity index (χ0v) is 11.5. The largest absolute Gasteiger partial charge is 0.480 e. The molecule has 0 saturated heterocycles. The first-order valence-corrected chi connectivity index (χ1v) is 6.58. The summed E-state index contributed by atoms with van der Waals surface area (Å²) in [6.45, 7) is 3.81. The van der Waals surface area contributed by atoms with Crippen molar-refractivity contribution in [3.05, 3.63) is 23.7 Å². The SMILES string of the molecule is Cc1ccc(CN(C)C(=O)CSC(C)C(=O)O)o1. The summed E-state index contributed by atoms with van der Waals surface area (Å²) in [5.41, 5.74) is 0. The Morgan fingerprint density at radius 1 is 1.50 bits per heavy atom. The van der Waals surface area contributed by atoms with Crippen molar-refractivity contribution in [2.75, 3.05) is 12.8 Å². The van der Waals surface area contributed by atoms with Crippen molar-refractivity contribution in [1.29, 1.82) is 0 Å². The normalized spacial score (nSPS) is 12.2. The fraction of sp³-hybridized carbons (Fsp3) is 0.500. The van der Waals surface area contributed by atoms with Gasteiger partial charge in [0.15, 0.2) is 0 Å². The number of carboxylic acids is 1. The van der Waals surface area contributed by atoms with Gasteiger partial charge < -0.3 is 14.4 Å². The van der Waals surface area contributed by atoms with Crippen LogP contribution in [0.4, 0.5) is 0 Å². The van der Waals surface area contributed by atoms with Crippen molar-refractivity contribution >= 4 is 23.6 Å². The van der Waals surface area contributed by atoms with Gasteiger partial charge in [-0.25, -0.2) is 0 Å². The number of thioether (sulfide) groups is 1. The standard InChI is InChI=1S/C12H17NO4S/c1-8-4-5-10(17-8)6-13(3)11(14)7-18-9(2)12(15)16/h4-5,9H,6-7H2,1-3H3,(H,15,16). The molecule has 0 saturated carbocycles. The molecule has 1 aromatic heterocycles. The van der Waals surface area contributed by atoms with Gasteiger partial charge in [0, 0.05) is 7.05 Å². The lowest BCUT2D eigenvalue weighted by molar-refractivity contribution is -0.136. The quantitative estimate of drug-likeness (QED) is 0.853. The summed E-state index contributed by atoms with van der Waals surface area (Å²) in [6, 6.07) is 3.67. The van der Waals surface area contributed by atoms with E-state index in [4.69, 9.17) is 9.52 Å². The molecule has 1 heterocycles. The maximum Gasteiger partial charge on any atom is 0.316 e. The third-order valence-corrected chi connectivity index (χ3v) is 3.53. The van der Waals surface area contributed by atoms with E-state index in [-0.39, 0.29) is 11.7 Å².